The molecule has 43 heavy (non-hydrogen) atoms. The Bertz CT molecular complexity index is 1750. The highest BCUT2D eigenvalue weighted by molar-refractivity contribution is 9.10. The molecule has 7 nitrogen and oxygen atoms in total. The standard InChI is InChI=1S/C32H22Br2FN3O4S/c33-21-9-12-24(13-10-21)38-29(39)18-28(32(38)42)43-25-8-4-7-23(17-25)36-31(41)27(16-20-15-22(34)11-14-26(20)35)37-30(40)19-5-2-1-3-6-19/h1-17,28H,18H2,(H,36,41)(H,37,40). The second-order valence-electron chi connectivity index (χ2n) is 9.38. The molecule has 0 aliphatic carbocycles. The molecule has 1 atom stereocenters. The maximum absolute atomic E-state index is 14.6. The van der Waals surface area contributed by atoms with E-state index in [0.717, 1.165) is 4.47 Å². The van der Waals surface area contributed by atoms with Gasteiger partial charge in [-0.1, -0.05) is 56.1 Å². The summed E-state index contributed by atoms with van der Waals surface area (Å²) in [7, 11) is 0. The zero-order chi connectivity index (χ0) is 30.5. The second-order valence-corrected chi connectivity index (χ2v) is 12.5. The summed E-state index contributed by atoms with van der Waals surface area (Å²) < 4.78 is 16.0. The van der Waals surface area contributed by atoms with Gasteiger partial charge >= 0.3 is 0 Å². The van der Waals surface area contributed by atoms with Crippen molar-refractivity contribution >= 4 is 84.7 Å². The quantitative estimate of drug-likeness (QED) is 0.148. The Kier molecular flexibility index (Phi) is 9.54. The van der Waals surface area contributed by atoms with Crippen molar-refractivity contribution in [1.29, 1.82) is 0 Å². The number of benzene rings is 4. The Balaban J connectivity index is 1.34. The zero-order valence-corrected chi connectivity index (χ0v) is 26.2. The van der Waals surface area contributed by atoms with Crippen LogP contribution in [-0.4, -0.2) is 28.9 Å². The Morgan fingerprint density at radius 2 is 1.60 bits per heavy atom. The van der Waals surface area contributed by atoms with E-state index in [2.05, 4.69) is 42.5 Å². The molecule has 0 saturated carbocycles. The van der Waals surface area contributed by atoms with E-state index < -0.39 is 22.9 Å². The monoisotopic (exact) mass is 721 g/mol. The van der Waals surface area contributed by atoms with Gasteiger partial charge in [0, 0.05) is 37.1 Å². The van der Waals surface area contributed by atoms with Crippen LogP contribution < -0.4 is 15.5 Å². The van der Waals surface area contributed by atoms with Gasteiger partial charge in [0.25, 0.3) is 11.8 Å². The first kappa shape index (κ1) is 30.4. The largest absolute Gasteiger partial charge is 0.321 e. The summed E-state index contributed by atoms with van der Waals surface area (Å²) in [4.78, 5) is 54.0. The van der Waals surface area contributed by atoms with Crippen LogP contribution in [-0.2, 0) is 14.4 Å². The highest BCUT2D eigenvalue weighted by atomic mass is 79.9. The normalized spacial score (nSPS) is 15.0. The summed E-state index contributed by atoms with van der Waals surface area (Å²) in [6.45, 7) is 0. The highest BCUT2D eigenvalue weighted by Gasteiger charge is 2.40. The number of halogens is 3. The van der Waals surface area contributed by atoms with E-state index >= 15 is 0 Å². The fourth-order valence-corrected chi connectivity index (χ4v) is 6.05. The van der Waals surface area contributed by atoms with Crippen LogP contribution in [0.3, 0.4) is 0 Å². The van der Waals surface area contributed by atoms with Crippen molar-refractivity contribution in [2.45, 2.75) is 16.6 Å². The number of imide groups is 1. The van der Waals surface area contributed by atoms with E-state index in [9.17, 15) is 23.6 Å². The molecule has 4 aromatic rings. The summed E-state index contributed by atoms with van der Waals surface area (Å²) in [6.07, 6.45) is 1.29. The van der Waals surface area contributed by atoms with Crippen LogP contribution in [0.5, 0.6) is 0 Å². The number of carbonyl (C=O) groups is 4. The fourth-order valence-electron chi connectivity index (χ4n) is 4.29. The van der Waals surface area contributed by atoms with Crippen LogP contribution in [0, 0.1) is 5.82 Å². The van der Waals surface area contributed by atoms with Crippen molar-refractivity contribution < 1.29 is 23.6 Å². The summed E-state index contributed by atoms with van der Waals surface area (Å²) in [6, 6.07) is 26.3. The maximum atomic E-state index is 14.6. The Morgan fingerprint density at radius 1 is 0.884 bits per heavy atom. The smallest absolute Gasteiger partial charge is 0.272 e. The SMILES string of the molecule is O=C(Nc1cccc(SC2CC(=O)N(c3ccc(Br)cc3)C2=O)c1)C(=Cc1cc(Br)ccc1F)NC(=O)c1ccccc1. The van der Waals surface area contributed by atoms with Crippen molar-refractivity contribution in [3.05, 3.63) is 129 Å². The average molecular weight is 723 g/mol. The zero-order valence-electron chi connectivity index (χ0n) is 22.2. The molecule has 1 fully saturated rings. The number of amides is 4. The Hall–Kier alpha value is -4.06. The lowest BCUT2D eigenvalue weighted by molar-refractivity contribution is -0.121. The van der Waals surface area contributed by atoms with Gasteiger partial charge in [0.2, 0.25) is 11.8 Å². The van der Waals surface area contributed by atoms with Crippen molar-refractivity contribution in [1.82, 2.24) is 5.32 Å². The van der Waals surface area contributed by atoms with E-state index in [4.69, 9.17) is 0 Å². The van der Waals surface area contributed by atoms with E-state index in [1.165, 1.54) is 40.9 Å². The number of nitrogens with zero attached hydrogens (tertiary/aromatic N) is 1. The molecule has 2 N–H and O–H groups in total. The Morgan fingerprint density at radius 3 is 2.35 bits per heavy atom. The third-order valence-electron chi connectivity index (χ3n) is 6.35. The topological polar surface area (TPSA) is 95.6 Å². The second kappa shape index (κ2) is 13.5. The molecule has 0 spiro atoms. The molecule has 1 aliphatic rings. The fraction of sp³-hybridized carbons (Fsp3) is 0.0625. The molecule has 1 aliphatic heterocycles. The van der Waals surface area contributed by atoms with Gasteiger partial charge in [0.15, 0.2) is 0 Å². The number of anilines is 2. The van der Waals surface area contributed by atoms with Crippen LogP contribution in [0.2, 0.25) is 0 Å². The highest BCUT2D eigenvalue weighted by Crippen LogP contribution is 2.35. The summed E-state index contributed by atoms with van der Waals surface area (Å²) in [5, 5.41) is 4.69. The molecule has 0 radical (unpaired) electrons. The number of carbonyl (C=O) groups excluding carboxylic acids is 4. The Labute approximate surface area is 267 Å². The lowest BCUT2D eigenvalue weighted by atomic mass is 10.1. The van der Waals surface area contributed by atoms with E-state index in [-0.39, 0.29) is 29.5 Å². The van der Waals surface area contributed by atoms with Gasteiger partial charge in [-0.15, -0.1) is 11.8 Å². The van der Waals surface area contributed by atoms with Crippen LogP contribution in [0.1, 0.15) is 22.3 Å². The number of hydrogen-bond donors (Lipinski definition) is 2. The first-order valence-electron chi connectivity index (χ1n) is 12.9. The summed E-state index contributed by atoms with van der Waals surface area (Å²) in [5.74, 6) is -2.41. The average Bonchev–Trinajstić information content (AvgIpc) is 3.27. The third-order valence-corrected chi connectivity index (χ3v) is 8.55. The molecule has 5 rings (SSSR count). The predicted molar refractivity (Wildman–Crippen MR) is 172 cm³/mol. The summed E-state index contributed by atoms with van der Waals surface area (Å²) in [5.41, 5.74) is 1.12. The first-order chi connectivity index (χ1) is 20.7. The summed E-state index contributed by atoms with van der Waals surface area (Å²) >= 11 is 7.87. The number of rotatable bonds is 8. The van der Waals surface area contributed by atoms with Crippen molar-refractivity contribution in [2.75, 3.05) is 10.2 Å². The molecule has 1 heterocycles. The van der Waals surface area contributed by atoms with Crippen molar-refractivity contribution in [3.8, 4) is 0 Å². The van der Waals surface area contributed by atoms with Gasteiger partial charge < -0.3 is 10.6 Å². The van der Waals surface area contributed by atoms with Gasteiger partial charge in [-0.3, -0.25) is 19.2 Å². The minimum Gasteiger partial charge on any atom is -0.321 e. The van der Waals surface area contributed by atoms with E-state index in [1.807, 2.05) is 0 Å². The molecule has 4 amide bonds. The molecule has 0 aromatic heterocycles. The molecule has 1 saturated heterocycles. The van der Waals surface area contributed by atoms with Gasteiger partial charge in [0.05, 0.1) is 10.9 Å². The van der Waals surface area contributed by atoms with Gasteiger partial charge in [-0.2, -0.15) is 0 Å². The molecule has 4 aromatic carbocycles. The molecule has 1 unspecified atom stereocenters. The first-order valence-corrected chi connectivity index (χ1v) is 15.4. The molecule has 216 valence electrons. The minimum absolute atomic E-state index is 0.0345. The number of hydrogen-bond acceptors (Lipinski definition) is 5. The lowest BCUT2D eigenvalue weighted by Gasteiger charge is -2.15. The molecule has 0 bridgehead atoms. The lowest BCUT2D eigenvalue weighted by Crippen LogP contribution is -2.31. The molecular weight excluding hydrogens is 701 g/mol. The molecular formula is C32H22Br2FN3O4S. The van der Waals surface area contributed by atoms with Gasteiger partial charge in [-0.05, 0) is 78.9 Å². The number of thioether (sulfide) groups is 1. The van der Waals surface area contributed by atoms with Gasteiger partial charge in [-0.25, -0.2) is 9.29 Å². The van der Waals surface area contributed by atoms with E-state index in [1.54, 1.807) is 78.9 Å². The molecule has 11 heteroatoms. The van der Waals surface area contributed by atoms with Crippen LogP contribution in [0.15, 0.2) is 117 Å². The maximum Gasteiger partial charge on any atom is 0.272 e. The van der Waals surface area contributed by atoms with Crippen LogP contribution >= 0.6 is 43.6 Å². The van der Waals surface area contributed by atoms with E-state index in [0.29, 0.717) is 26.3 Å². The number of nitrogens with one attached hydrogen (secondary N) is 2. The minimum atomic E-state index is -0.681. The van der Waals surface area contributed by atoms with Crippen LogP contribution in [0.4, 0.5) is 15.8 Å². The van der Waals surface area contributed by atoms with Crippen molar-refractivity contribution in [3.63, 3.8) is 0 Å². The predicted octanol–water partition coefficient (Wildman–Crippen LogP) is 7.18. The third kappa shape index (κ3) is 7.48. The van der Waals surface area contributed by atoms with Gasteiger partial charge in [0.1, 0.15) is 11.5 Å². The van der Waals surface area contributed by atoms with Crippen molar-refractivity contribution in [2.24, 2.45) is 0 Å². The van der Waals surface area contributed by atoms with Crippen LogP contribution in [0.25, 0.3) is 6.08 Å².